The molecule has 9 heteroatoms. The van der Waals surface area contributed by atoms with Gasteiger partial charge in [0.15, 0.2) is 23.0 Å². The standard InChI is InChI=1S/C25H24ClFN2O5/c1-4-33-23-12-17(11-20(26)24(23)34-15-16-6-5-7-19(27)10-16)14-28-29-25(30)18-8-9-21(31-2)22(13-18)32-3/h5-14H,4,15H2,1-3H3,(H,29,30)/b28-14+. The summed E-state index contributed by atoms with van der Waals surface area (Å²) >= 11 is 6.41. The van der Waals surface area contributed by atoms with Crippen LogP contribution < -0.4 is 24.4 Å². The lowest BCUT2D eigenvalue weighted by Gasteiger charge is -2.14. The number of amides is 1. The highest BCUT2D eigenvalue weighted by atomic mass is 35.5. The van der Waals surface area contributed by atoms with E-state index in [4.69, 9.17) is 30.5 Å². The number of hydrogen-bond acceptors (Lipinski definition) is 6. The Balaban J connectivity index is 1.72. The van der Waals surface area contributed by atoms with Crippen LogP contribution in [0.5, 0.6) is 23.0 Å². The van der Waals surface area contributed by atoms with Gasteiger partial charge in [0.25, 0.3) is 5.91 Å². The van der Waals surface area contributed by atoms with Crippen molar-refractivity contribution in [3.8, 4) is 23.0 Å². The number of rotatable bonds is 10. The molecular formula is C25H24ClFN2O5. The molecule has 0 heterocycles. The summed E-state index contributed by atoms with van der Waals surface area (Å²) in [6, 6.07) is 14.2. The maximum Gasteiger partial charge on any atom is 0.271 e. The van der Waals surface area contributed by atoms with Gasteiger partial charge in [0.1, 0.15) is 12.4 Å². The van der Waals surface area contributed by atoms with Crippen LogP contribution in [0.1, 0.15) is 28.4 Å². The molecule has 0 bridgehead atoms. The lowest BCUT2D eigenvalue weighted by atomic mass is 10.2. The number of carbonyl (C=O) groups excluding carboxylic acids is 1. The molecule has 0 aromatic heterocycles. The molecule has 3 rings (SSSR count). The molecule has 0 aliphatic carbocycles. The molecule has 0 saturated heterocycles. The summed E-state index contributed by atoms with van der Waals surface area (Å²) in [5.74, 6) is 0.905. The lowest BCUT2D eigenvalue weighted by molar-refractivity contribution is 0.0954. The van der Waals surface area contributed by atoms with E-state index in [1.807, 2.05) is 6.92 Å². The van der Waals surface area contributed by atoms with Gasteiger partial charge in [-0.15, -0.1) is 0 Å². The number of methoxy groups -OCH3 is 2. The summed E-state index contributed by atoms with van der Waals surface area (Å²) in [6.07, 6.45) is 1.43. The molecule has 0 spiro atoms. The number of hydrazone groups is 1. The Kier molecular flexibility index (Phi) is 8.70. The largest absolute Gasteiger partial charge is 0.493 e. The Hall–Kier alpha value is -3.78. The second kappa shape index (κ2) is 11.9. The Morgan fingerprint density at radius 2 is 1.82 bits per heavy atom. The first-order valence-corrected chi connectivity index (χ1v) is 10.7. The highest BCUT2D eigenvalue weighted by Crippen LogP contribution is 2.37. The van der Waals surface area contributed by atoms with Crippen molar-refractivity contribution in [1.29, 1.82) is 0 Å². The first kappa shape index (κ1) is 24.9. The van der Waals surface area contributed by atoms with Crippen molar-refractivity contribution in [3.05, 3.63) is 82.1 Å². The Labute approximate surface area is 202 Å². The summed E-state index contributed by atoms with van der Waals surface area (Å²) in [5, 5.41) is 4.29. The third-order valence-corrected chi connectivity index (χ3v) is 4.91. The van der Waals surface area contributed by atoms with Crippen molar-refractivity contribution in [3.63, 3.8) is 0 Å². The van der Waals surface area contributed by atoms with E-state index in [9.17, 15) is 9.18 Å². The van der Waals surface area contributed by atoms with Crippen LogP contribution in [0.4, 0.5) is 4.39 Å². The van der Waals surface area contributed by atoms with Crippen LogP contribution in [-0.2, 0) is 6.61 Å². The smallest absolute Gasteiger partial charge is 0.271 e. The van der Waals surface area contributed by atoms with Gasteiger partial charge in [-0.25, -0.2) is 9.82 Å². The fourth-order valence-corrected chi connectivity index (χ4v) is 3.33. The van der Waals surface area contributed by atoms with Crippen LogP contribution in [0.2, 0.25) is 5.02 Å². The van der Waals surface area contributed by atoms with Gasteiger partial charge in [-0.2, -0.15) is 5.10 Å². The van der Waals surface area contributed by atoms with Crippen LogP contribution in [-0.4, -0.2) is 32.9 Å². The van der Waals surface area contributed by atoms with E-state index in [0.29, 0.717) is 46.3 Å². The van der Waals surface area contributed by atoms with Crippen LogP contribution in [0.3, 0.4) is 0 Å². The fourth-order valence-electron chi connectivity index (χ4n) is 3.06. The Bertz CT molecular complexity index is 1190. The number of halogens is 2. The molecule has 3 aromatic rings. The van der Waals surface area contributed by atoms with E-state index in [-0.39, 0.29) is 17.4 Å². The van der Waals surface area contributed by atoms with Crippen LogP contribution >= 0.6 is 11.6 Å². The SMILES string of the molecule is CCOc1cc(/C=N/NC(=O)c2ccc(OC)c(OC)c2)cc(Cl)c1OCc1cccc(F)c1. The highest BCUT2D eigenvalue weighted by molar-refractivity contribution is 6.32. The normalized spacial score (nSPS) is 10.7. The van der Waals surface area contributed by atoms with E-state index >= 15 is 0 Å². The summed E-state index contributed by atoms with van der Waals surface area (Å²) in [7, 11) is 3.00. The summed E-state index contributed by atoms with van der Waals surface area (Å²) in [6.45, 7) is 2.32. The van der Waals surface area contributed by atoms with Gasteiger partial charge in [-0.05, 0) is 60.5 Å². The number of nitrogens with zero attached hydrogens (tertiary/aromatic N) is 1. The molecule has 3 aromatic carbocycles. The summed E-state index contributed by atoms with van der Waals surface area (Å²) in [4.78, 5) is 12.4. The minimum absolute atomic E-state index is 0.117. The molecule has 0 unspecified atom stereocenters. The average Bonchev–Trinajstić information content (AvgIpc) is 2.83. The van der Waals surface area contributed by atoms with Gasteiger partial charge >= 0.3 is 0 Å². The number of benzene rings is 3. The molecular weight excluding hydrogens is 463 g/mol. The predicted octanol–water partition coefficient (Wildman–Crippen LogP) is 5.24. The van der Waals surface area contributed by atoms with Gasteiger partial charge in [-0.3, -0.25) is 4.79 Å². The molecule has 7 nitrogen and oxygen atoms in total. The monoisotopic (exact) mass is 486 g/mol. The van der Waals surface area contributed by atoms with Crippen molar-refractivity contribution >= 4 is 23.7 Å². The van der Waals surface area contributed by atoms with Crippen molar-refractivity contribution < 1.29 is 28.1 Å². The van der Waals surface area contributed by atoms with E-state index < -0.39 is 5.91 Å². The van der Waals surface area contributed by atoms with Crippen LogP contribution in [0.25, 0.3) is 0 Å². The number of hydrogen-bond donors (Lipinski definition) is 1. The number of nitrogens with one attached hydrogen (secondary N) is 1. The average molecular weight is 487 g/mol. The summed E-state index contributed by atoms with van der Waals surface area (Å²) < 4.78 is 35.3. The Morgan fingerprint density at radius 1 is 1.03 bits per heavy atom. The van der Waals surface area contributed by atoms with E-state index in [2.05, 4.69) is 10.5 Å². The number of ether oxygens (including phenoxy) is 4. The zero-order chi connectivity index (χ0) is 24.5. The fraction of sp³-hybridized carbons (Fsp3) is 0.200. The molecule has 1 N–H and O–H groups in total. The van der Waals surface area contributed by atoms with Crippen molar-refractivity contribution in [1.82, 2.24) is 5.43 Å². The van der Waals surface area contributed by atoms with Crippen LogP contribution in [0, 0.1) is 5.82 Å². The molecule has 0 aliphatic heterocycles. The second-order valence-electron chi connectivity index (χ2n) is 6.95. The molecule has 0 saturated carbocycles. The van der Waals surface area contributed by atoms with Crippen molar-refractivity contribution in [2.75, 3.05) is 20.8 Å². The zero-order valence-corrected chi connectivity index (χ0v) is 19.7. The van der Waals surface area contributed by atoms with Gasteiger partial charge in [0.05, 0.1) is 32.1 Å². The van der Waals surface area contributed by atoms with Gasteiger partial charge in [0.2, 0.25) is 0 Å². The molecule has 0 atom stereocenters. The Morgan fingerprint density at radius 3 is 2.53 bits per heavy atom. The summed E-state index contributed by atoms with van der Waals surface area (Å²) in [5.41, 5.74) is 4.05. The minimum atomic E-state index is -0.427. The maximum atomic E-state index is 13.4. The second-order valence-corrected chi connectivity index (χ2v) is 7.36. The van der Waals surface area contributed by atoms with Crippen LogP contribution in [0.15, 0.2) is 59.7 Å². The van der Waals surface area contributed by atoms with E-state index in [1.54, 1.807) is 42.5 Å². The molecule has 34 heavy (non-hydrogen) atoms. The van der Waals surface area contributed by atoms with Crippen molar-refractivity contribution in [2.24, 2.45) is 5.10 Å². The highest BCUT2D eigenvalue weighted by Gasteiger charge is 2.13. The quantitative estimate of drug-likeness (QED) is 0.313. The molecule has 178 valence electrons. The van der Waals surface area contributed by atoms with Gasteiger partial charge in [0, 0.05) is 5.56 Å². The zero-order valence-electron chi connectivity index (χ0n) is 18.9. The van der Waals surface area contributed by atoms with Crippen molar-refractivity contribution in [2.45, 2.75) is 13.5 Å². The van der Waals surface area contributed by atoms with Gasteiger partial charge in [-0.1, -0.05) is 23.7 Å². The molecule has 0 aliphatic rings. The topological polar surface area (TPSA) is 78.4 Å². The third-order valence-electron chi connectivity index (χ3n) is 4.63. The third kappa shape index (κ3) is 6.39. The molecule has 0 fully saturated rings. The van der Waals surface area contributed by atoms with Gasteiger partial charge < -0.3 is 18.9 Å². The first-order valence-electron chi connectivity index (χ1n) is 10.3. The number of carbonyl (C=O) groups is 1. The van der Waals surface area contributed by atoms with E-state index in [0.717, 1.165) is 0 Å². The first-order chi connectivity index (χ1) is 16.4. The minimum Gasteiger partial charge on any atom is -0.493 e. The molecule has 1 amide bonds. The predicted molar refractivity (Wildman–Crippen MR) is 128 cm³/mol. The molecule has 0 radical (unpaired) electrons. The lowest BCUT2D eigenvalue weighted by Crippen LogP contribution is -2.17. The van der Waals surface area contributed by atoms with E-state index in [1.165, 1.54) is 32.6 Å². The maximum absolute atomic E-state index is 13.4.